The summed E-state index contributed by atoms with van der Waals surface area (Å²) in [6.45, 7) is 0. The van der Waals surface area contributed by atoms with Gasteiger partial charge in [0, 0.05) is 5.56 Å². The summed E-state index contributed by atoms with van der Waals surface area (Å²) in [7, 11) is 0. The van der Waals surface area contributed by atoms with Gasteiger partial charge in [-0.25, -0.2) is 4.39 Å². The fraction of sp³-hybridized carbons (Fsp3) is 0. The third kappa shape index (κ3) is 2.25. The number of fused-ring (bicyclic) bond motifs is 1. The number of nitrogens with one attached hydrogen (secondary N) is 1. The Morgan fingerprint density at radius 1 is 0.833 bits per heavy atom. The van der Waals surface area contributed by atoms with Gasteiger partial charge >= 0.3 is 0 Å². The van der Waals surface area contributed by atoms with Gasteiger partial charge in [0.1, 0.15) is 17.3 Å². The topological polar surface area (TPSA) is 93.6 Å². The highest BCUT2D eigenvalue weighted by atomic mass is 19.1. The van der Waals surface area contributed by atoms with Crippen molar-refractivity contribution in [1.29, 1.82) is 0 Å². The Hall–Kier alpha value is -3.41. The van der Waals surface area contributed by atoms with Gasteiger partial charge in [0.15, 0.2) is 0 Å². The van der Waals surface area contributed by atoms with Crippen LogP contribution in [0.3, 0.4) is 0 Å². The summed E-state index contributed by atoms with van der Waals surface area (Å²) < 4.78 is 13.3. The molecule has 0 unspecified atom stereocenters. The number of hydrogen-bond donors (Lipinski definition) is 3. The van der Waals surface area contributed by atoms with E-state index in [4.69, 9.17) is 11.5 Å². The summed E-state index contributed by atoms with van der Waals surface area (Å²) in [6, 6.07) is 16.0. The minimum Gasteiger partial charge on any atom is -0.383 e. The van der Waals surface area contributed by atoms with E-state index >= 15 is 0 Å². The molecule has 118 valence electrons. The molecule has 0 aliphatic carbocycles. The number of H-pyrrole nitrogens is 1. The highest BCUT2D eigenvalue weighted by Gasteiger charge is 2.19. The number of rotatable bonds is 2. The summed E-state index contributed by atoms with van der Waals surface area (Å²) in [5.74, 6) is 0.118. The zero-order chi connectivity index (χ0) is 16.7. The van der Waals surface area contributed by atoms with E-state index in [2.05, 4.69) is 15.0 Å². The third-order valence-corrected chi connectivity index (χ3v) is 3.89. The van der Waals surface area contributed by atoms with E-state index < -0.39 is 0 Å². The quantitative estimate of drug-likeness (QED) is 0.526. The molecule has 4 rings (SSSR count). The average molecular weight is 319 g/mol. The fourth-order valence-electron chi connectivity index (χ4n) is 2.87. The lowest BCUT2D eigenvalue weighted by Gasteiger charge is -2.06. The molecule has 0 aliphatic rings. The molecule has 4 aromatic rings. The number of aromatic amines is 1. The van der Waals surface area contributed by atoms with Crippen molar-refractivity contribution in [3.05, 3.63) is 60.4 Å². The van der Waals surface area contributed by atoms with E-state index in [-0.39, 0.29) is 11.8 Å². The van der Waals surface area contributed by atoms with Crippen molar-refractivity contribution in [2.45, 2.75) is 0 Å². The maximum absolute atomic E-state index is 13.3. The molecule has 0 atom stereocenters. The SMILES string of the molecule is Nc1nc(N)c2c(-c3ccccc3)c(-c3ccc(F)cc3)[nH]c2n1. The van der Waals surface area contributed by atoms with Gasteiger partial charge in [0.25, 0.3) is 0 Å². The van der Waals surface area contributed by atoms with Gasteiger partial charge in [0.05, 0.1) is 11.1 Å². The van der Waals surface area contributed by atoms with Gasteiger partial charge < -0.3 is 16.5 Å². The lowest BCUT2D eigenvalue weighted by atomic mass is 9.99. The van der Waals surface area contributed by atoms with Gasteiger partial charge in [-0.05, 0) is 35.4 Å². The Bertz CT molecular complexity index is 1020. The standard InChI is InChI=1S/C18H14FN5/c19-12-8-6-11(7-9-12)15-13(10-4-2-1-3-5-10)14-16(20)23-18(21)24-17(14)22-15/h1-9H,(H5,20,21,22,23,24). The van der Waals surface area contributed by atoms with Gasteiger partial charge in [0.2, 0.25) is 5.95 Å². The number of halogens is 1. The summed E-state index contributed by atoms with van der Waals surface area (Å²) in [5.41, 5.74) is 15.8. The zero-order valence-corrected chi connectivity index (χ0v) is 12.6. The van der Waals surface area contributed by atoms with Crippen molar-refractivity contribution in [1.82, 2.24) is 15.0 Å². The first-order valence-corrected chi connectivity index (χ1v) is 7.39. The van der Waals surface area contributed by atoms with Crippen LogP contribution in [0.1, 0.15) is 0 Å². The van der Waals surface area contributed by atoms with Crippen LogP contribution >= 0.6 is 0 Å². The third-order valence-electron chi connectivity index (χ3n) is 3.89. The van der Waals surface area contributed by atoms with Crippen molar-refractivity contribution in [3.8, 4) is 22.4 Å². The maximum Gasteiger partial charge on any atom is 0.223 e. The first-order chi connectivity index (χ1) is 11.6. The second kappa shape index (κ2) is 5.34. The molecule has 6 heteroatoms. The van der Waals surface area contributed by atoms with Crippen LogP contribution in [0.25, 0.3) is 33.4 Å². The minimum absolute atomic E-state index is 0.103. The van der Waals surface area contributed by atoms with Gasteiger partial charge in [-0.2, -0.15) is 9.97 Å². The van der Waals surface area contributed by atoms with E-state index in [0.29, 0.717) is 16.9 Å². The molecule has 5 N–H and O–H groups in total. The molecular weight excluding hydrogens is 305 g/mol. The van der Waals surface area contributed by atoms with Crippen LogP contribution in [-0.4, -0.2) is 15.0 Å². The van der Waals surface area contributed by atoms with Crippen molar-refractivity contribution in [3.63, 3.8) is 0 Å². The van der Waals surface area contributed by atoms with Gasteiger partial charge in [-0.3, -0.25) is 0 Å². The van der Waals surface area contributed by atoms with Crippen LogP contribution in [0.15, 0.2) is 54.6 Å². The second-order valence-electron chi connectivity index (χ2n) is 5.44. The Balaban J connectivity index is 2.09. The molecule has 5 nitrogen and oxygen atoms in total. The molecule has 0 fully saturated rings. The Labute approximate surface area is 137 Å². The number of hydrogen-bond acceptors (Lipinski definition) is 4. The molecule has 0 spiro atoms. The van der Waals surface area contributed by atoms with Gasteiger partial charge in [-0.15, -0.1) is 0 Å². The van der Waals surface area contributed by atoms with Crippen LogP contribution in [0.2, 0.25) is 0 Å². The summed E-state index contributed by atoms with van der Waals surface area (Å²) in [4.78, 5) is 11.6. The molecule has 0 bridgehead atoms. The largest absolute Gasteiger partial charge is 0.383 e. The predicted octanol–water partition coefficient (Wildman–Crippen LogP) is 3.60. The summed E-state index contributed by atoms with van der Waals surface area (Å²) in [6.07, 6.45) is 0. The molecule has 2 aromatic heterocycles. The molecule has 2 aromatic carbocycles. The molecular formula is C18H14FN5. The number of nitrogens with two attached hydrogens (primary N) is 2. The first kappa shape index (κ1) is 14.2. The number of nitrogens with zero attached hydrogens (tertiary/aromatic N) is 2. The average Bonchev–Trinajstić information content (AvgIpc) is 2.96. The highest BCUT2D eigenvalue weighted by Crippen LogP contribution is 2.39. The van der Waals surface area contributed by atoms with Crippen molar-refractivity contribution in [2.75, 3.05) is 11.5 Å². The van der Waals surface area contributed by atoms with Gasteiger partial charge in [-0.1, -0.05) is 30.3 Å². The number of benzene rings is 2. The Morgan fingerprint density at radius 3 is 2.25 bits per heavy atom. The van der Waals surface area contributed by atoms with Crippen LogP contribution in [0.4, 0.5) is 16.2 Å². The van der Waals surface area contributed by atoms with E-state index in [1.165, 1.54) is 12.1 Å². The number of aromatic nitrogens is 3. The van der Waals surface area contributed by atoms with Crippen LogP contribution in [0, 0.1) is 5.82 Å². The smallest absolute Gasteiger partial charge is 0.223 e. The van der Waals surface area contributed by atoms with Crippen LogP contribution < -0.4 is 11.5 Å². The Morgan fingerprint density at radius 2 is 1.54 bits per heavy atom. The summed E-state index contributed by atoms with van der Waals surface area (Å²) >= 11 is 0. The van der Waals surface area contributed by atoms with Crippen molar-refractivity contribution >= 4 is 22.8 Å². The van der Waals surface area contributed by atoms with Crippen LogP contribution in [0.5, 0.6) is 0 Å². The number of anilines is 2. The zero-order valence-electron chi connectivity index (χ0n) is 12.6. The molecule has 2 heterocycles. The van der Waals surface area contributed by atoms with Crippen LogP contribution in [-0.2, 0) is 0 Å². The molecule has 24 heavy (non-hydrogen) atoms. The highest BCUT2D eigenvalue weighted by molar-refractivity contribution is 6.07. The maximum atomic E-state index is 13.3. The predicted molar refractivity (Wildman–Crippen MR) is 93.5 cm³/mol. The summed E-state index contributed by atoms with van der Waals surface area (Å²) in [5, 5.41) is 0.703. The van der Waals surface area contributed by atoms with E-state index in [9.17, 15) is 4.39 Å². The normalized spacial score (nSPS) is 11.0. The van der Waals surface area contributed by atoms with E-state index in [1.54, 1.807) is 12.1 Å². The van der Waals surface area contributed by atoms with E-state index in [0.717, 1.165) is 22.4 Å². The molecule has 0 amide bonds. The second-order valence-corrected chi connectivity index (χ2v) is 5.44. The lowest BCUT2D eigenvalue weighted by molar-refractivity contribution is 0.628. The molecule has 0 aliphatic heterocycles. The fourth-order valence-corrected chi connectivity index (χ4v) is 2.87. The first-order valence-electron chi connectivity index (χ1n) is 7.39. The lowest BCUT2D eigenvalue weighted by Crippen LogP contribution is -1.99. The monoisotopic (exact) mass is 319 g/mol. The minimum atomic E-state index is -0.292. The van der Waals surface area contributed by atoms with Crippen molar-refractivity contribution in [2.24, 2.45) is 0 Å². The number of nitrogen functional groups attached to an aromatic ring is 2. The Kier molecular flexibility index (Phi) is 3.16. The molecule has 0 saturated heterocycles. The van der Waals surface area contributed by atoms with Crippen molar-refractivity contribution < 1.29 is 4.39 Å². The molecule has 0 saturated carbocycles. The molecule has 0 radical (unpaired) electrons. The van der Waals surface area contributed by atoms with E-state index in [1.807, 2.05) is 30.3 Å².